The third-order valence-electron chi connectivity index (χ3n) is 5.39. The predicted molar refractivity (Wildman–Crippen MR) is 118 cm³/mol. The average molecular weight is 477 g/mol. The summed E-state index contributed by atoms with van der Waals surface area (Å²) in [6, 6.07) is 0.254. The van der Waals surface area contributed by atoms with Gasteiger partial charge >= 0.3 is 154 Å². The van der Waals surface area contributed by atoms with Gasteiger partial charge in [0.15, 0.2) is 0 Å². The molecule has 0 amide bonds. The molecular weight excluding hydrogens is 447 g/mol. The number of anilines is 1. The largest absolute Gasteiger partial charge is 0.0182 e. The number of hydrogen-bond acceptors (Lipinski definition) is 10. The van der Waals surface area contributed by atoms with Crippen molar-refractivity contribution in [3.05, 3.63) is 11.6 Å². The Morgan fingerprint density at radius 1 is 1.35 bits per heavy atom. The van der Waals surface area contributed by atoms with Crippen LogP contribution in [0.15, 0.2) is 6.33 Å². The van der Waals surface area contributed by atoms with Crippen LogP contribution in [-0.4, -0.2) is 104 Å². The van der Waals surface area contributed by atoms with Crippen LogP contribution in [0.1, 0.15) is 19.1 Å². The van der Waals surface area contributed by atoms with E-state index in [1.807, 2.05) is 0 Å². The van der Waals surface area contributed by atoms with E-state index in [0.717, 1.165) is 19.5 Å². The van der Waals surface area contributed by atoms with Crippen molar-refractivity contribution < 1.29 is 24.4 Å². The molecule has 0 saturated carbocycles. The summed E-state index contributed by atoms with van der Waals surface area (Å²) in [4.78, 5) is 35.2. The fourth-order valence-electron chi connectivity index (χ4n) is 3.92. The summed E-state index contributed by atoms with van der Waals surface area (Å²) in [6.07, 6.45) is 0.846. The van der Waals surface area contributed by atoms with Crippen LogP contribution in [0.5, 0.6) is 0 Å². The van der Waals surface area contributed by atoms with Gasteiger partial charge in [-0.25, -0.2) is 0 Å². The Kier molecular flexibility index (Phi) is 6.17. The van der Waals surface area contributed by atoms with Crippen LogP contribution in [0.25, 0.3) is 11.2 Å². The van der Waals surface area contributed by atoms with Crippen LogP contribution in [0.3, 0.4) is 0 Å². The van der Waals surface area contributed by atoms with Gasteiger partial charge < -0.3 is 4.90 Å². The Balaban J connectivity index is 1.48. The molecule has 31 heavy (non-hydrogen) atoms. The molecule has 2 saturated heterocycles. The van der Waals surface area contributed by atoms with E-state index < -0.39 is 25.5 Å². The monoisotopic (exact) mass is 476 g/mol. The van der Waals surface area contributed by atoms with Crippen molar-refractivity contribution in [1.29, 1.82) is 0 Å². The van der Waals surface area contributed by atoms with Gasteiger partial charge in [-0.1, -0.05) is 0 Å². The molecule has 4 N–H and O–H groups in total. The molecule has 4 rings (SSSR count). The molecule has 0 aromatic carbocycles. The average Bonchev–Trinajstić information content (AvgIpc) is 3.32. The number of hydrogen-bond donors (Lipinski definition) is 4. The Morgan fingerprint density at radius 2 is 2.13 bits per heavy atom. The van der Waals surface area contributed by atoms with E-state index in [1.165, 1.54) is 13.3 Å². The van der Waals surface area contributed by atoms with Crippen molar-refractivity contribution in [2.45, 2.75) is 37.3 Å². The molecule has 2 aliphatic heterocycles. The summed E-state index contributed by atoms with van der Waals surface area (Å²) in [5.41, 5.74) is 1.11. The van der Waals surface area contributed by atoms with Crippen LogP contribution >= 0.6 is 18.7 Å². The summed E-state index contributed by atoms with van der Waals surface area (Å²) in [5, 5.41) is 13.9. The minimum Gasteiger partial charge on any atom is 0.0182 e. The molecule has 174 valence electrons. The number of ether oxygens (including phenoxy) is 2. The van der Waals surface area contributed by atoms with E-state index in [9.17, 15) is 14.9 Å². The number of likely N-dealkylation sites (N-methyl/N-ethyl adjacent to an activating group) is 1. The molecule has 2 aliphatic rings. The van der Waals surface area contributed by atoms with Gasteiger partial charge in [-0.2, -0.15) is 0 Å². The predicted octanol–water partition coefficient (Wildman–Crippen LogP) is 0.846. The molecule has 2 aromatic heterocycles. The van der Waals surface area contributed by atoms with E-state index in [0.29, 0.717) is 23.4 Å². The summed E-state index contributed by atoms with van der Waals surface area (Å²) in [6.45, 7) is 4.71. The number of imidazole rings is 1. The molecule has 0 spiro atoms. The van der Waals surface area contributed by atoms with E-state index in [1.54, 1.807) is 10.9 Å². The molecule has 2 fully saturated rings. The topological polar surface area (TPSA) is 138 Å². The summed E-state index contributed by atoms with van der Waals surface area (Å²) >= 11 is 6.19. The minimum atomic E-state index is -3.77. The number of nitrogens with zero attached hydrogens (tertiary/aromatic N) is 5. The van der Waals surface area contributed by atoms with Gasteiger partial charge in [0.2, 0.25) is 0 Å². The van der Waals surface area contributed by atoms with Crippen molar-refractivity contribution in [3.8, 4) is 0 Å². The third kappa shape index (κ3) is 5.61. The van der Waals surface area contributed by atoms with Crippen LogP contribution in [0.2, 0.25) is 5.28 Å². The number of aliphatic hydroxyl groups is 1. The molecule has 0 radical (unpaired) electrons. The molecule has 4 heterocycles. The van der Waals surface area contributed by atoms with Crippen LogP contribution < -0.4 is 5.32 Å². The Labute approximate surface area is 185 Å². The van der Waals surface area contributed by atoms with Crippen molar-refractivity contribution in [2.75, 3.05) is 51.7 Å². The first kappa shape index (κ1) is 23.0. The van der Waals surface area contributed by atoms with Gasteiger partial charge in [0.25, 0.3) is 0 Å². The standard InChI is InChI=1S/C18H30ClN6O5P/c1-24-5-4-11(7-24)21-16-15-17(23-18(19)22-16)25(9-20-15)14-6-12(26)13(30-14)8-29-10-31(2,3,27)28/h9,11-14,26-28H,4-8,10H2,1-3H3,(H,21,22,23)/t11?,12-,13+,14?/m0/s1. The van der Waals surface area contributed by atoms with Gasteiger partial charge in [-0.3, -0.25) is 0 Å². The van der Waals surface area contributed by atoms with Crippen LogP contribution in [0.4, 0.5) is 5.82 Å². The number of rotatable bonds is 7. The van der Waals surface area contributed by atoms with E-state index in [-0.39, 0.29) is 24.3 Å². The maximum Gasteiger partial charge on any atom is 0.0182 e. The molecule has 0 bridgehead atoms. The summed E-state index contributed by atoms with van der Waals surface area (Å²) in [5.74, 6) is 0.579. The number of halogens is 1. The molecule has 2 aromatic rings. The fourth-order valence-corrected chi connectivity index (χ4v) is 4.71. The second kappa shape index (κ2) is 8.31. The third-order valence-corrected chi connectivity index (χ3v) is 6.49. The van der Waals surface area contributed by atoms with Gasteiger partial charge in [-0.15, -0.1) is 0 Å². The summed E-state index contributed by atoms with van der Waals surface area (Å²) in [7, 11) is -1.69. The van der Waals surface area contributed by atoms with Crippen molar-refractivity contribution in [3.63, 3.8) is 0 Å². The first-order valence-corrected chi connectivity index (χ1v) is 13.8. The van der Waals surface area contributed by atoms with Gasteiger partial charge in [-0.05, 0) is 20.0 Å². The second-order valence-corrected chi connectivity index (χ2v) is 14.3. The van der Waals surface area contributed by atoms with E-state index >= 15 is 0 Å². The smallest absolute Gasteiger partial charge is 0.0182 e. The molecular formula is C18H30ClN6O5P. The van der Waals surface area contributed by atoms with Crippen molar-refractivity contribution >= 4 is 35.6 Å². The fraction of sp³-hybridized carbons (Fsp3) is 0.722. The van der Waals surface area contributed by atoms with Crippen LogP contribution in [0, 0.1) is 0 Å². The Bertz CT molecular complexity index is 943. The zero-order chi connectivity index (χ0) is 22.4. The number of fused-ring (bicyclic) bond motifs is 1. The normalized spacial score (nSPS) is 28.8. The molecule has 13 heteroatoms. The quantitative estimate of drug-likeness (QED) is 0.336. The first-order valence-electron chi connectivity index (χ1n) is 10.2. The second-order valence-electron chi connectivity index (χ2n) is 9.24. The van der Waals surface area contributed by atoms with Crippen LogP contribution in [-0.2, 0) is 9.47 Å². The maximum absolute atomic E-state index is 10.4. The van der Waals surface area contributed by atoms with E-state index in [2.05, 4.69) is 32.2 Å². The number of likely N-dealkylation sites (tertiary alicyclic amines) is 1. The molecule has 0 aliphatic carbocycles. The number of nitrogens with one attached hydrogen (secondary N) is 1. The SMILES string of the molecule is CN1CCC(Nc2nc(Cl)nc3c2ncn3C2C[C@H](O)[C@@H](COCP(C)(C)(O)O)O2)C1. The maximum atomic E-state index is 10.4. The number of aromatic nitrogens is 4. The van der Waals surface area contributed by atoms with Crippen molar-refractivity contribution in [2.24, 2.45) is 0 Å². The Hall–Kier alpha value is -1.17. The molecule has 4 atom stereocenters. The molecule has 2 unspecified atom stereocenters. The Morgan fingerprint density at radius 3 is 2.81 bits per heavy atom. The molecule has 11 nitrogen and oxygen atoms in total. The van der Waals surface area contributed by atoms with Gasteiger partial charge in [0.1, 0.15) is 0 Å². The zero-order valence-electron chi connectivity index (χ0n) is 17.8. The summed E-state index contributed by atoms with van der Waals surface area (Å²) < 4.78 is 13.1. The van der Waals surface area contributed by atoms with Gasteiger partial charge in [0.05, 0.1) is 0 Å². The first-order chi connectivity index (χ1) is 14.4. The zero-order valence-corrected chi connectivity index (χ0v) is 19.5. The van der Waals surface area contributed by atoms with E-state index in [4.69, 9.17) is 21.1 Å². The van der Waals surface area contributed by atoms with Crippen molar-refractivity contribution in [1.82, 2.24) is 24.4 Å². The van der Waals surface area contributed by atoms with Gasteiger partial charge in [0, 0.05) is 6.54 Å². The minimum absolute atomic E-state index is 0.0444. The number of aliphatic hydroxyl groups excluding tert-OH is 1.